The van der Waals surface area contributed by atoms with Gasteiger partial charge in [0.05, 0.1) is 51.0 Å². The maximum absolute atomic E-state index is 13.5. The van der Waals surface area contributed by atoms with Crippen LogP contribution in [0.1, 0.15) is 138 Å². The van der Waals surface area contributed by atoms with Crippen molar-refractivity contribution < 1.29 is 71.5 Å². The summed E-state index contributed by atoms with van der Waals surface area (Å²) in [5, 5.41) is 45.2. The molecule has 1 aromatic carbocycles. The van der Waals surface area contributed by atoms with Gasteiger partial charge >= 0.3 is 24.4 Å². The Hall–Kier alpha value is -7.86. The summed E-state index contributed by atoms with van der Waals surface area (Å²) in [4.78, 5) is 95.5. The van der Waals surface area contributed by atoms with Gasteiger partial charge in [-0.25, -0.2) is 52.3 Å². The fourth-order valence-corrected chi connectivity index (χ4v) is 14.0. The summed E-state index contributed by atoms with van der Waals surface area (Å²) in [5.74, 6) is -0.0834. The number of ketones is 2. The molecule has 7 aromatic rings. The van der Waals surface area contributed by atoms with Crippen LogP contribution in [0.3, 0.4) is 0 Å². The lowest BCUT2D eigenvalue weighted by Crippen LogP contribution is -2.45. The predicted molar refractivity (Wildman–Crippen MR) is 439 cm³/mol. The number of aliphatic hydroxyl groups is 2. The number of nitrogens with one attached hydrogen (secondary N) is 3. The molecule has 1 saturated carbocycles. The molecule has 5 N–H and O–H groups in total. The molecular weight excluding hydrogens is 1710 g/mol. The second-order valence-corrected chi connectivity index (χ2v) is 30.1. The Morgan fingerprint density at radius 2 is 1.02 bits per heavy atom. The monoisotopic (exact) mass is 1800 g/mol. The lowest BCUT2D eigenvalue weighted by molar-refractivity contribution is -0.121. The third-order valence-electron chi connectivity index (χ3n) is 18.1. The summed E-state index contributed by atoms with van der Waals surface area (Å²) in [6.07, 6.45) is 11.7. The molecule has 28 nitrogen and oxygen atoms in total. The van der Waals surface area contributed by atoms with Crippen molar-refractivity contribution in [3.8, 4) is 11.6 Å². The number of likely N-dealkylation sites (tertiary alicyclic amines) is 3. The minimum atomic E-state index is -2.57. The number of hydrogen-bond acceptors (Lipinski definition) is 21. The molecule has 4 saturated heterocycles. The van der Waals surface area contributed by atoms with Crippen molar-refractivity contribution in [3.05, 3.63) is 160 Å². The van der Waals surface area contributed by atoms with Gasteiger partial charge in [0, 0.05) is 154 Å². The van der Waals surface area contributed by atoms with E-state index < -0.39 is 17.1 Å². The fraction of sp³-hybridized carbons (Fsp3) is 0.487. The number of carbonyl (C=O) groups excluding carboxylic acids is 7. The van der Waals surface area contributed by atoms with Gasteiger partial charge in [-0.05, 0) is 195 Å². The van der Waals surface area contributed by atoms with Gasteiger partial charge in [0.25, 0.3) is 0 Å². The number of carbonyl (C=O) groups is 7. The number of hydrogen-bond donors (Lipinski definition) is 5. The van der Waals surface area contributed by atoms with Crippen LogP contribution < -0.4 is 10.6 Å². The van der Waals surface area contributed by atoms with E-state index in [0.717, 1.165) is 57.7 Å². The smallest absolute Gasteiger partial charge is 0.409 e. The largest absolute Gasteiger partial charge is 0.453 e. The third kappa shape index (κ3) is 32.4. The number of Topliss-reactive ketones (excluding diaryl/α,β-unsaturated/α-hetero) is 2. The van der Waals surface area contributed by atoms with Crippen LogP contribution in [0.5, 0.6) is 0 Å². The number of piperidine rings is 4. The van der Waals surface area contributed by atoms with E-state index in [0.29, 0.717) is 166 Å². The molecule has 5 aliphatic heterocycles. The molecular formula is C76H98Cl6F2IN15O13. The SMILES string of the molecule is C.CCC(=O)Cl.COC(=O)N1CC=C(c2cc(NC3CCC(F)(F)CC3)nc(-n3ccc(C)n3)c2)CC1.COC(=O)N1CCC(=O)CC1.COC(=O)N1CCC(O)(c2cc(Cl)nc(-n3ccc(C)n3)c2)CC1.COC(=O)N1CCC(O)(c2cc(Cl)nc(Cl)c2)CC1.Cc1ccn[nH]1.Clc1cc(Cl)cc(I)c1.O=C1CCNCC1. The molecule has 0 spiro atoms. The molecule has 11 heterocycles. The van der Waals surface area contributed by atoms with Crippen molar-refractivity contribution in [1.29, 1.82) is 0 Å². The van der Waals surface area contributed by atoms with Crippen LogP contribution in [0.25, 0.3) is 17.2 Å². The van der Waals surface area contributed by atoms with Crippen LogP contribution in [-0.2, 0) is 44.5 Å². The number of methoxy groups -OCH3 is 4. The number of nitrogens with zero attached hydrogens (tertiary/aromatic N) is 12. The van der Waals surface area contributed by atoms with Crippen LogP contribution >= 0.6 is 92.2 Å². The topological polar surface area (TPSA) is 337 Å². The molecule has 0 unspecified atom stereocenters. The molecule has 6 aromatic heterocycles. The third-order valence-corrected chi connectivity index (χ3v) is 20.0. The van der Waals surface area contributed by atoms with E-state index in [1.54, 1.807) is 78.6 Å². The number of anilines is 1. The number of H-pyrrole nitrogens is 1. The van der Waals surface area contributed by atoms with Crippen LogP contribution in [0.2, 0.25) is 25.5 Å². The Labute approximate surface area is 700 Å². The quantitative estimate of drug-likeness (QED) is 0.0408. The maximum Gasteiger partial charge on any atom is 0.409 e. The Kier molecular flexibility index (Phi) is 40.0. The normalized spacial score (nSPS) is 16.6. The number of ether oxygens (including phenoxy) is 4. The molecule has 13 rings (SSSR count). The van der Waals surface area contributed by atoms with Gasteiger partial charge < -0.3 is 59.4 Å². The highest BCUT2D eigenvalue weighted by Crippen LogP contribution is 2.38. The number of pyridine rings is 3. The first-order valence-corrected chi connectivity index (χ1v) is 39.2. The number of aryl methyl sites for hydroxylation is 3. The highest BCUT2D eigenvalue weighted by atomic mass is 127. The van der Waals surface area contributed by atoms with Crippen molar-refractivity contribution in [2.45, 2.75) is 148 Å². The van der Waals surface area contributed by atoms with Crippen molar-refractivity contribution >= 4 is 145 Å². The minimum absolute atomic E-state index is 0. The zero-order chi connectivity index (χ0) is 82.3. The van der Waals surface area contributed by atoms with E-state index in [2.05, 4.69) is 78.0 Å². The van der Waals surface area contributed by atoms with E-state index >= 15 is 0 Å². The number of aromatic amines is 1. The van der Waals surface area contributed by atoms with Crippen LogP contribution in [0.15, 0.2) is 97.5 Å². The Morgan fingerprint density at radius 3 is 1.40 bits per heavy atom. The summed E-state index contributed by atoms with van der Waals surface area (Å²) in [7, 11) is 5.41. The zero-order valence-electron chi connectivity index (χ0n) is 63.4. The predicted octanol–water partition coefficient (Wildman–Crippen LogP) is 15.6. The van der Waals surface area contributed by atoms with E-state index in [9.17, 15) is 52.6 Å². The summed E-state index contributed by atoms with van der Waals surface area (Å²) in [6, 6.07) is 21.6. The number of benzene rings is 1. The average molecular weight is 1810 g/mol. The Balaban J connectivity index is 0.000000248. The van der Waals surface area contributed by atoms with E-state index in [-0.39, 0.29) is 72.0 Å². The van der Waals surface area contributed by atoms with E-state index in [4.69, 9.17) is 79.1 Å². The maximum atomic E-state index is 13.5. The molecule has 37 heteroatoms. The highest BCUT2D eigenvalue weighted by Gasteiger charge is 2.39. The van der Waals surface area contributed by atoms with Crippen molar-refractivity contribution in [3.63, 3.8) is 0 Å². The van der Waals surface area contributed by atoms with Gasteiger partial charge in [0.15, 0.2) is 11.6 Å². The van der Waals surface area contributed by atoms with Gasteiger partial charge in [-0.3, -0.25) is 19.5 Å². The highest BCUT2D eigenvalue weighted by molar-refractivity contribution is 14.1. The fourth-order valence-electron chi connectivity index (χ4n) is 11.8. The molecule has 6 aliphatic rings. The first-order valence-electron chi connectivity index (χ1n) is 35.9. The van der Waals surface area contributed by atoms with Crippen LogP contribution in [0, 0.1) is 24.3 Å². The van der Waals surface area contributed by atoms with Crippen molar-refractivity contribution in [1.82, 2.24) is 69.6 Å². The molecule has 5 fully saturated rings. The number of aromatic nitrogens is 9. The Morgan fingerprint density at radius 1 is 0.584 bits per heavy atom. The van der Waals surface area contributed by atoms with E-state index in [1.165, 1.54) is 28.4 Å². The van der Waals surface area contributed by atoms with Gasteiger partial charge in [0.2, 0.25) is 11.2 Å². The second kappa shape index (κ2) is 47.2. The Bertz CT molecular complexity index is 4180. The molecule has 1 aliphatic carbocycles. The number of rotatable bonds is 8. The first kappa shape index (κ1) is 95.7. The molecule has 618 valence electrons. The molecule has 113 heavy (non-hydrogen) atoms. The summed E-state index contributed by atoms with van der Waals surface area (Å²) >= 11 is 36.1. The van der Waals surface area contributed by atoms with Crippen molar-refractivity contribution in [2.75, 3.05) is 99.2 Å². The first-order chi connectivity index (χ1) is 53.2. The lowest BCUT2D eigenvalue weighted by Gasteiger charge is -2.37. The minimum Gasteiger partial charge on any atom is -0.453 e. The second-order valence-electron chi connectivity index (χ2n) is 26.4. The van der Waals surface area contributed by atoms with Gasteiger partial charge in [-0.1, -0.05) is 78.4 Å². The average Bonchev–Trinajstić information content (AvgIpc) is 1.64. The molecule has 4 amide bonds. The standard InChI is InChI=1S/C22H27F2N5O2.C16H19ClN4O3.C12H14Cl2N2O3.C7H11NO3.C6H3Cl2I.C5H9NO.C4H6N2.C3H5ClO.CH4/c1-15-5-12-29(27-15)20-14-17(16-6-10-28(11-7-16)21(30)31-2)13-19(26-20)25-18-3-8-22(23,24)9-4-18;1-11-3-6-21(19-11)14-10-12(9-13(17)18-14)16(23)4-7-20(8-5-16)15(22)24-2;1-19-11(17)16-4-2-12(18,3-5-16)8-6-9(13)15-10(14)7-8;1-11-7(10)8-4-2-6(9)3-5-8;7-4-1-5(8)3-6(9)2-4;7-5-1-3-6-4-2-5;1-4-2-3-5-6-4;1-2-3(4)5;/h5-6,12-14,18H,3-4,7-11H2,1-2H3,(H,25,26);3,6,9-10,23H,4-5,7-8H2,1-2H3;6-7,18H,2-5H2,1H3;2-5H2,1H3;1-3H;6H,1-4H2;2-3H,1H3,(H,5,6);2H2,1H3;1H4. The lowest BCUT2D eigenvalue weighted by atomic mass is 9.85. The summed E-state index contributed by atoms with van der Waals surface area (Å²) in [5.41, 5.74) is 4.13. The van der Waals surface area contributed by atoms with Gasteiger partial charge in [0.1, 0.15) is 32.8 Å². The molecule has 0 radical (unpaired) electrons. The van der Waals surface area contributed by atoms with Crippen LogP contribution in [0.4, 0.5) is 33.8 Å². The molecule has 0 atom stereocenters. The summed E-state index contributed by atoms with van der Waals surface area (Å²) in [6.45, 7) is 13.0. The van der Waals surface area contributed by atoms with Crippen molar-refractivity contribution in [2.24, 2.45) is 0 Å². The molecule has 0 bridgehead atoms. The van der Waals surface area contributed by atoms with Crippen LogP contribution in [-0.4, -0.2) is 222 Å². The number of alkyl halides is 2. The number of halogens is 9. The zero-order valence-corrected chi connectivity index (χ0v) is 70.1. The van der Waals surface area contributed by atoms with Gasteiger partial charge in [-0.2, -0.15) is 15.3 Å². The number of amides is 4. The van der Waals surface area contributed by atoms with E-state index in [1.807, 2.05) is 75.5 Å². The van der Waals surface area contributed by atoms with Gasteiger partial charge in [-0.15, -0.1) is 0 Å². The summed E-state index contributed by atoms with van der Waals surface area (Å²) < 4.78 is 50.1.